The van der Waals surface area contributed by atoms with Crippen LogP contribution in [0.25, 0.3) is 0 Å². The average molecular weight is 346 g/mol. The third-order valence-electron chi connectivity index (χ3n) is 8.52. The second kappa shape index (κ2) is 5.50. The highest BCUT2D eigenvalue weighted by Gasteiger charge is 2.65. The van der Waals surface area contributed by atoms with Gasteiger partial charge in [-0.05, 0) is 55.8 Å². The summed E-state index contributed by atoms with van der Waals surface area (Å²) in [5.74, 6) is 0.685. The van der Waals surface area contributed by atoms with E-state index in [0.717, 1.165) is 12.8 Å². The number of allylic oxidation sites excluding steroid dienone is 2. The largest absolute Gasteiger partial charge is 0.393 e. The fraction of sp³-hybridized carbons (Fsp3) is 0.810. The lowest BCUT2D eigenvalue weighted by Crippen LogP contribution is -2.58. The minimum atomic E-state index is -0.571. The summed E-state index contributed by atoms with van der Waals surface area (Å²) < 4.78 is 0. The highest BCUT2D eigenvalue weighted by molar-refractivity contribution is 5.83. The fourth-order valence-corrected chi connectivity index (χ4v) is 7.13. The Kier molecular flexibility index (Phi) is 3.83. The number of aliphatic hydroxyl groups is 2. The van der Waals surface area contributed by atoms with Gasteiger partial charge in [0.15, 0.2) is 0 Å². The molecule has 0 amide bonds. The van der Waals surface area contributed by atoms with Crippen molar-refractivity contribution in [2.24, 2.45) is 34.5 Å². The number of hydrogen-bond donors (Lipinski definition) is 2. The lowest BCUT2D eigenvalue weighted by molar-refractivity contribution is -0.154. The Morgan fingerprint density at radius 3 is 2.64 bits per heavy atom. The van der Waals surface area contributed by atoms with E-state index in [1.807, 2.05) is 6.92 Å². The average Bonchev–Trinajstić information content (AvgIpc) is 2.82. The van der Waals surface area contributed by atoms with Crippen LogP contribution >= 0.6 is 0 Å². The van der Waals surface area contributed by atoms with Crippen molar-refractivity contribution in [1.29, 1.82) is 0 Å². The molecule has 0 bridgehead atoms. The number of carbonyl (C=O) groups is 2. The number of carbonyl (C=O) groups excluding carboxylic acids is 2. The maximum Gasteiger partial charge on any atom is 0.136 e. The molecule has 4 heteroatoms. The lowest BCUT2D eigenvalue weighted by Gasteiger charge is -2.59. The van der Waals surface area contributed by atoms with Crippen molar-refractivity contribution in [3.05, 3.63) is 11.6 Å². The summed E-state index contributed by atoms with van der Waals surface area (Å²) in [6.45, 7) is 5.87. The number of ketones is 2. The molecule has 0 aromatic rings. The zero-order chi connectivity index (χ0) is 18.1. The molecule has 4 unspecified atom stereocenters. The molecule has 0 radical (unpaired) electrons. The van der Waals surface area contributed by atoms with Crippen LogP contribution in [0.5, 0.6) is 0 Å². The number of Topliss-reactive ketones (excluding diaryl/α,β-unsaturated/α-hetero) is 2. The van der Waals surface area contributed by atoms with Crippen LogP contribution in [0.3, 0.4) is 0 Å². The molecule has 0 saturated heterocycles. The molecule has 3 saturated carbocycles. The molecule has 25 heavy (non-hydrogen) atoms. The monoisotopic (exact) mass is 346 g/mol. The molecule has 0 heterocycles. The molecule has 8 atom stereocenters. The van der Waals surface area contributed by atoms with Gasteiger partial charge in [-0.25, -0.2) is 0 Å². The first-order valence-electron chi connectivity index (χ1n) is 9.77. The highest BCUT2D eigenvalue weighted by atomic mass is 16.3. The number of fused-ring (bicyclic) bond motifs is 5. The van der Waals surface area contributed by atoms with Gasteiger partial charge in [-0.3, -0.25) is 9.59 Å². The summed E-state index contributed by atoms with van der Waals surface area (Å²) in [6.07, 6.45) is 5.18. The van der Waals surface area contributed by atoms with Crippen LogP contribution in [0.2, 0.25) is 0 Å². The molecule has 4 aliphatic rings. The summed E-state index contributed by atoms with van der Waals surface area (Å²) in [5, 5.41) is 22.0. The molecular weight excluding hydrogens is 316 g/mol. The molecule has 3 fully saturated rings. The van der Waals surface area contributed by atoms with Crippen molar-refractivity contribution in [3.8, 4) is 0 Å². The minimum Gasteiger partial charge on any atom is -0.393 e. The van der Waals surface area contributed by atoms with Crippen molar-refractivity contribution in [1.82, 2.24) is 0 Å². The van der Waals surface area contributed by atoms with Gasteiger partial charge in [0.05, 0.1) is 12.2 Å². The predicted molar refractivity (Wildman–Crippen MR) is 93.7 cm³/mol. The zero-order valence-corrected chi connectivity index (χ0v) is 15.5. The number of hydrogen-bond acceptors (Lipinski definition) is 4. The van der Waals surface area contributed by atoms with Crippen molar-refractivity contribution in [2.45, 2.75) is 71.5 Å². The van der Waals surface area contributed by atoms with Crippen molar-refractivity contribution in [2.75, 3.05) is 0 Å². The van der Waals surface area contributed by atoms with Crippen LogP contribution in [0, 0.1) is 34.5 Å². The normalized spacial score (nSPS) is 52.0. The smallest absolute Gasteiger partial charge is 0.136 e. The Bertz CT molecular complexity index is 652. The second-order valence-corrected chi connectivity index (χ2v) is 9.48. The van der Waals surface area contributed by atoms with E-state index in [2.05, 4.69) is 13.0 Å². The number of aliphatic hydroxyl groups excluding tert-OH is 2. The third kappa shape index (κ3) is 2.19. The summed E-state index contributed by atoms with van der Waals surface area (Å²) in [7, 11) is 0. The van der Waals surface area contributed by atoms with Crippen LogP contribution in [0.1, 0.15) is 59.3 Å². The third-order valence-corrected chi connectivity index (χ3v) is 8.52. The molecule has 4 aliphatic carbocycles. The highest BCUT2D eigenvalue weighted by Crippen LogP contribution is 2.66. The van der Waals surface area contributed by atoms with Gasteiger partial charge in [-0.15, -0.1) is 0 Å². The SMILES string of the molecule is CC(=O)C1C[C@H](O)C2C3CC=C4CC(=O)CC[C@]4(C)C3C[C@@H](O)[C@]12C. The van der Waals surface area contributed by atoms with Gasteiger partial charge < -0.3 is 10.2 Å². The fourth-order valence-electron chi connectivity index (χ4n) is 7.13. The summed E-state index contributed by atoms with van der Waals surface area (Å²) in [5.41, 5.74) is 0.669. The second-order valence-electron chi connectivity index (χ2n) is 9.48. The van der Waals surface area contributed by atoms with Crippen molar-refractivity contribution < 1.29 is 19.8 Å². The number of rotatable bonds is 1. The summed E-state index contributed by atoms with van der Waals surface area (Å²) >= 11 is 0. The van der Waals surface area contributed by atoms with E-state index in [9.17, 15) is 19.8 Å². The Balaban J connectivity index is 1.76. The van der Waals surface area contributed by atoms with Crippen molar-refractivity contribution in [3.63, 3.8) is 0 Å². The van der Waals surface area contributed by atoms with E-state index in [1.165, 1.54) is 5.57 Å². The first-order chi connectivity index (χ1) is 11.7. The Morgan fingerprint density at radius 1 is 1.24 bits per heavy atom. The molecule has 138 valence electrons. The molecule has 4 rings (SSSR count). The molecular formula is C21H30O4. The maximum atomic E-state index is 12.2. The molecule has 0 spiro atoms. The van der Waals surface area contributed by atoms with Crippen LogP contribution < -0.4 is 0 Å². The Morgan fingerprint density at radius 2 is 1.96 bits per heavy atom. The zero-order valence-electron chi connectivity index (χ0n) is 15.5. The van der Waals surface area contributed by atoms with E-state index >= 15 is 0 Å². The molecule has 4 nitrogen and oxygen atoms in total. The summed E-state index contributed by atoms with van der Waals surface area (Å²) in [4.78, 5) is 24.1. The Hall–Kier alpha value is -1.00. The Labute approximate surface area is 149 Å². The molecule has 0 aromatic heterocycles. The van der Waals surface area contributed by atoms with Crippen molar-refractivity contribution >= 4 is 11.6 Å². The van der Waals surface area contributed by atoms with Crippen LogP contribution in [-0.4, -0.2) is 34.0 Å². The van der Waals surface area contributed by atoms with Gasteiger partial charge in [0.2, 0.25) is 0 Å². The van der Waals surface area contributed by atoms with E-state index < -0.39 is 17.6 Å². The van der Waals surface area contributed by atoms with E-state index in [-0.39, 0.29) is 34.9 Å². The van der Waals surface area contributed by atoms with Gasteiger partial charge >= 0.3 is 0 Å². The van der Waals surface area contributed by atoms with Crippen LogP contribution in [-0.2, 0) is 9.59 Å². The molecule has 0 aromatic carbocycles. The van der Waals surface area contributed by atoms with Gasteiger partial charge in [0, 0.05) is 24.2 Å². The van der Waals surface area contributed by atoms with Gasteiger partial charge in [-0.2, -0.15) is 0 Å². The van der Waals surface area contributed by atoms with Crippen LogP contribution in [0.15, 0.2) is 11.6 Å². The van der Waals surface area contributed by atoms with E-state index in [0.29, 0.717) is 31.5 Å². The minimum absolute atomic E-state index is 0.0394. The maximum absolute atomic E-state index is 12.2. The quantitative estimate of drug-likeness (QED) is 0.716. The van der Waals surface area contributed by atoms with E-state index in [1.54, 1.807) is 6.92 Å². The van der Waals surface area contributed by atoms with Crippen LogP contribution in [0.4, 0.5) is 0 Å². The lowest BCUT2D eigenvalue weighted by atomic mass is 9.46. The molecule has 0 aliphatic heterocycles. The van der Waals surface area contributed by atoms with Gasteiger partial charge in [0.1, 0.15) is 11.6 Å². The standard InChI is InChI=1S/C21H30O4/c1-11(22)15-9-17(24)19-14-5-4-12-8-13(23)6-7-20(12,2)16(14)10-18(25)21(15,19)3/h4,14-19,24-25H,5-10H2,1-3H3/t14?,15?,16?,17-,18+,19?,20-,21-/m0/s1. The predicted octanol–water partition coefficient (Wildman–Crippen LogP) is 2.67. The van der Waals surface area contributed by atoms with Gasteiger partial charge in [-0.1, -0.05) is 25.5 Å². The van der Waals surface area contributed by atoms with Gasteiger partial charge in [0.25, 0.3) is 0 Å². The topological polar surface area (TPSA) is 74.6 Å². The first-order valence-corrected chi connectivity index (χ1v) is 9.77. The molecule has 2 N–H and O–H groups in total. The summed E-state index contributed by atoms with van der Waals surface area (Å²) in [6, 6.07) is 0. The first kappa shape index (κ1) is 17.4. The van der Waals surface area contributed by atoms with E-state index in [4.69, 9.17) is 0 Å².